The Bertz CT molecular complexity index is 624. The van der Waals surface area contributed by atoms with E-state index in [4.69, 9.17) is 4.74 Å². The highest BCUT2D eigenvalue weighted by Crippen LogP contribution is 2.17. The van der Waals surface area contributed by atoms with Gasteiger partial charge in [0.05, 0.1) is 11.8 Å². The topological polar surface area (TPSA) is 25.4 Å². The van der Waals surface area contributed by atoms with Gasteiger partial charge in [-0.05, 0) is 49.6 Å². The van der Waals surface area contributed by atoms with E-state index in [1.165, 1.54) is 12.1 Å². The maximum atomic E-state index is 13.1. The van der Waals surface area contributed by atoms with Crippen molar-refractivity contribution < 1.29 is 9.13 Å². The van der Waals surface area contributed by atoms with Crippen molar-refractivity contribution in [3.63, 3.8) is 0 Å². The molecule has 3 nitrogen and oxygen atoms in total. The highest BCUT2D eigenvalue weighted by atomic mass is 19.1. The zero-order valence-electron chi connectivity index (χ0n) is 13.5. The Morgan fingerprint density at radius 2 is 2.00 bits per heavy atom. The van der Waals surface area contributed by atoms with Crippen molar-refractivity contribution in [2.45, 2.75) is 39.0 Å². The van der Waals surface area contributed by atoms with E-state index in [0.717, 1.165) is 56.0 Å². The Morgan fingerprint density at radius 3 is 2.70 bits per heavy atom. The Balaban J connectivity index is 1.70. The largest absolute Gasteiger partial charge is 0.377 e. The van der Waals surface area contributed by atoms with Gasteiger partial charge in [0.25, 0.3) is 0 Å². The second-order valence-corrected chi connectivity index (χ2v) is 6.20. The van der Waals surface area contributed by atoms with E-state index < -0.39 is 0 Å². The molecule has 0 spiro atoms. The first-order valence-electron chi connectivity index (χ1n) is 8.20. The highest BCUT2D eigenvalue weighted by molar-refractivity contribution is 5.16. The zero-order chi connectivity index (χ0) is 16.1. The van der Waals surface area contributed by atoms with E-state index in [9.17, 15) is 4.39 Å². The van der Waals surface area contributed by atoms with Crippen molar-refractivity contribution in [2.75, 3.05) is 13.2 Å². The Hall–Kier alpha value is -1.78. The summed E-state index contributed by atoms with van der Waals surface area (Å²) in [5, 5.41) is 0. The Kier molecular flexibility index (Phi) is 5.36. The maximum Gasteiger partial charge on any atom is 0.123 e. The summed E-state index contributed by atoms with van der Waals surface area (Å²) in [6.45, 7) is 5.30. The quantitative estimate of drug-likeness (QED) is 0.813. The molecule has 3 rings (SSSR count). The Morgan fingerprint density at radius 1 is 1.17 bits per heavy atom. The molecular weight excluding hydrogens is 291 g/mol. The molecule has 1 aliphatic rings. The smallest absolute Gasteiger partial charge is 0.123 e. The summed E-state index contributed by atoms with van der Waals surface area (Å²) in [6.07, 6.45) is 2.54. The average Bonchev–Trinajstić information content (AvgIpc) is 3.02. The van der Waals surface area contributed by atoms with Gasteiger partial charge in [0.15, 0.2) is 0 Å². The number of hydrogen-bond donors (Lipinski definition) is 0. The van der Waals surface area contributed by atoms with E-state index in [-0.39, 0.29) is 5.82 Å². The lowest BCUT2D eigenvalue weighted by atomic mass is 10.1. The van der Waals surface area contributed by atoms with E-state index >= 15 is 0 Å². The van der Waals surface area contributed by atoms with E-state index in [1.807, 2.05) is 31.2 Å². The van der Waals surface area contributed by atoms with Crippen LogP contribution in [-0.4, -0.2) is 29.1 Å². The van der Waals surface area contributed by atoms with Gasteiger partial charge in [0.1, 0.15) is 5.82 Å². The zero-order valence-corrected chi connectivity index (χ0v) is 13.5. The molecule has 1 aliphatic heterocycles. The first-order chi connectivity index (χ1) is 11.2. The van der Waals surface area contributed by atoms with Gasteiger partial charge in [-0.15, -0.1) is 0 Å². The van der Waals surface area contributed by atoms with Gasteiger partial charge >= 0.3 is 0 Å². The average molecular weight is 314 g/mol. The minimum atomic E-state index is -0.195. The van der Waals surface area contributed by atoms with Gasteiger partial charge < -0.3 is 4.74 Å². The molecule has 2 aromatic rings. The fourth-order valence-electron chi connectivity index (χ4n) is 3.03. The van der Waals surface area contributed by atoms with Crippen molar-refractivity contribution >= 4 is 0 Å². The third-order valence-electron chi connectivity index (χ3n) is 4.14. The van der Waals surface area contributed by atoms with Crippen LogP contribution in [0, 0.1) is 12.7 Å². The van der Waals surface area contributed by atoms with Crippen molar-refractivity contribution in [2.24, 2.45) is 0 Å². The lowest BCUT2D eigenvalue weighted by molar-refractivity contribution is 0.0674. The molecule has 0 amide bonds. The maximum absolute atomic E-state index is 13.1. The molecule has 0 bridgehead atoms. The standard InChI is InChI=1S/C19H23FN2O/c1-15-4-2-5-18(21-15)13-22(14-19-6-3-11-23-19)12-16-7-9-17(20)10-8-16/h2,4-5,7-10,19H,3,6,11-14H2,1H3. The van der Waals surface area contributed by atoms with Crippen molar-refractivity contribution in [3.05, 3.63) is 65.2 Å². The molecule has 1 saturated heterocycles. The molecule has 1 atom stereocenters. The summed E-state index contributed by atoms with van der Waals surface area (Å²) in [5.74, 6) is -0.195. The van der Waals surface area contributed by atoms with E-state index in [0.29, 0.717) is 6.10 Å². The number of pyridine rings is 1. The third kappa shape index (κ3) is 4.85. The monoisotopic (exact) mass is 314 g/mol. The number of halogens is 1. The first kappa shape index (κ1) is 16.1. The number of aryl methyl sites for hydroxylation is 1. The van der Waals surface area contributed by atoms with Crippen LogP contribution in [0.1, 0.15) is 29.8 Å². The van der Waals surface area contributed by atoms with Gasteiger partial charge in [-0.3, -0.25) is 9.88 Å². The molecule has 0 radical (unpaired) electrons. The van der Waals surface area contributed by atoms with Crippen LogP contribution in [0.5, 0.6) is 0 Å². The summed E-state index contributed by atoms with van der Waals surface area (Å²) in [5.41, 5.74) is 3.20. The summed E-state index contributed by atoms with van der Waals surface area (Å²) in [6, 6.07) is 12.8. The van der Waals surface area contributed by atoms with Crippen LogP contribution in [-0.2, 0) is 17.8 Å². The number of rotatable bonds is 6. The normalized spacial score (nSPS) is 17.8. The van der Waals surface area contributed by atoms with Gasteiger partial charge in [-0.1, -0.05) is 18.2 Å². The van der Waals surface area contributed by atoms with Crippen LogP contribution >= 0.6 is 0 Å². The second kappa shape index (κ2) is 7.66. The predicted molar refractivity (Wildman–Crippen MR) is 88.5 cm³/mol. The molecule has 0 N–H and O–H groups in total. The minimum Gasteiger partial charge on any atom is -0.377 e. The molecule has 0 saturated carbocycles. The molecule has 1 aromatic carbocycles. The second-order valence-electron chi connectivity index (χ2n) is 6.20. The summed E-state index contributed by atoms with van der Waals surface area (Å²) in [7, 11) is 0. The predicted octanol–water partition coefficient (Wildman–Crippen LogP) is 3.71. The highest BCUT2D eigenvalue weighted by Gasteiger charge is 2.20. The van der Waals surface area contributed by atoms with Crippen LogP contribution in [0.25, 0.3) is 0 Å². The van der Waals surface area contributed by atoms with Crippen LogP contribution in [0.15, 0.2) is 42.5 Å². The van der Waals surface area contributed by atoms with Gasteiger partial charge in [-0.25, -0.2) is 4.39 Å². The van der Waals surface area contributed by atoms with Crippen LogP contribution in [0.4, 0.5) is 4.39 Å². The minimum absolute atomic E-state index is 0.195. The molecule has 0 aliphatic carbocycles. The molecule has 122 valence electrons. The molecule has 23 heavy (non-hydrogen) atoms. The number of hydrogen-bond acceptors (Lipinski definition) is 3. The number of benzene rings is 1. The fraction of sp³-hybridized carbons (Fsp3) is 0.421. The van der Waals surface area contributed by atoms with E-state index in [2.05, 4.69) is 16.0 Å². The molecule has 2 heterocycles. The molecule has 1 aromatic heterocycles. The van der Waals surface area contributed by atoms with Gasteiger partial charge in [0.2, 0.25) is 0 Å². The molecule has 1 fully saturated rings. The summed E-state index contributed by atoms with van der Waals surface area (Å²) < 4.78 is 18.9. The van der Waals surface area contributed by atoms with Gasteiger partial charge in [-0.2, -0.15) is 0 Å². The molecule has 1 unspecified atom stereocenters. The lowest BCUT2D eigenvalue weighted by Crippen LogP contribution is -2.31. The number of aromatic nitrogens is 1. The van der Waals surface area contributed by atoms with E-state index in [1.54, 1.807) is 0 Å². The molecule has 4 heteroatoms. The SMILES string of the molecule is Cc1cccc(CN(Cc2ccc(F)cc2)CC2CCCO2)n1. The van der Waals surface area contributed by atoms with Crippen molar-refractivity contribution in [3.8, 4) is 0 Å². The van der Waals surface area contributed by atoms with Crippen molar-refractivity contribution in [1.29, 1.82) is 0 Å². The van der Waals surface area contributed by atoms with Crippen molar-refractivity contribution in [1.82, 2.24) is 9.88 Å². The summed E-state index contributed by atoms with van der Waals surface area (Å²) >= 11 is 0. The van der Waals surface area contributed by atoms with Crippen LogP contribution in [0.2, 0.25) is 0 Å². The third-order valence-corrected chi connectivity index (χ3v) is 4.14. The van der Waals surface area contributed by atoms with Gasteiger partial charge in [0, 0.05) is 31.9 Å². The number of nitrogens with zero attached hydrogens (tertiary/aromatic N) is 2. The van der Waals surface area contributed by atoms with Crippen LogP contribution < -0.4 is 0 Å². The van der Waals surface area contributed by atoms with Crippen LogP contribution in [0.3, 0.4) is 0 Å². The molecular formula is C19H23FN2O. The number of ether oxygens (including phenoxy) is 1. The first-order valence-corrected chi connectivity index (χ1v) is 8.20. The lowest BCUT2D eigenvalue weighted by Gasteiger charge is -2.25. The Labute approximate surface area is 137 Å². The summed E-state index contributed by atoms with van der Waals surface area (Å²) in [4.78, 5) is 6.94. The fourth-order valence-corrected chi connectivity index (χ4v) is 3.03.